The Bertz CT molecular complexity index is 1730. The molecule has 19 heteroatoms. The minimum atomic E-state index is -4.95. The predicted molar refractivity (Wildman–Crippen MR) is 358 cm³/mol. The summed E-state index contributed by atoms with van der Waals surface area (Å²) in [6, 6.07) is 0. The van der Waals surface area contributed by atoms with Gasteiger partial charge in [-0.05, 0) is 37.5 Å². The Morgan fingerprint density at radius 3 is 0.764 bits per heavy atom. The number of phosphoric acid groups is 2. The van der Waals surface area contributed by atoms with Crippen LogP contribution in [0.15, 0.2) is 0 Å². The van der Waals surface area contributed by atoms with Gasteiger partial charge in [0.2, 0.25) is 0 Å². The number of hydrogen-bond donors (Lipinski definition) is 3. The maximum absolute atomic E-state index is 13.0. The van der Waals surface area contributed by atoms with E-state index >= 15 is 0 Å². The molecule has 5 atom stereocenters. The molecule has 0 aliphatic carbocycles. The van der Waals surface area contributed by atoms with Crippen molar-refractivity contribution < 1.29 is 80.2 Å². The summed E-state index contributed by atoms with van der Waals surface area (Å²) >= 11 is 0. The van der Waals surface area contributed by atoms with Crippen molar-refractivity contribution in [1.29, 1.82) is 0 Å². The predicted octanol–water partition coefficient (Wildman–Crippen LogP) is 20.0. The van der Waals surface area contributed by atoms with E-state index < -0.39 is 97.5 Å². The fraction of sp³-hybridized carbons (Fsp3) is 0.943. The van der Waals surface area contributed by atoms with E-state index in [1.54, 1.807) is 0 Å². The molecule has 0 heterocycles. The van der Waals surface area contributed by atoms with Crippen molar-refractivity contribution in [3.63, 3.8) is 0 Å². The molecule has 2 unspecified atom stereocenters. The lowest BCUT2D eigenvalue weighted by molar-refractivity contribution is -0.161. The van der Waals surface area contributed by atoms with E-state index in [4.69, 9.17) is 37.0 Å². The first-order valence-electron chi connectivity index (χ1n) is 36.5. The Labute approximate surface area is 543 Å². The van der Waals surface area contributed by atoms with E-state index in [2.05, 4.69) is 41.5 Å². The van der Waals surface area contributed by atoms with Crippen LogP contribution >= 0.6 is 15.6 Å². The molecule has 0 rings (SSSR count). The molecule has 3 N–H and O–H groups in total. The molecule has 0 bridgehead atoms. The Morgan fingerprint density at radius 2 is 0.517 bits per heavy atom. The summed E-state index contributed by atoms with van der Waals surface area (Å²) in [6.45, 7) is 9.48. The second kappa shape index (κ2) is 62.2. The number of aliphatic hydroxyl groups excluding tert-OH is 1. The van der Waals surface area contributed by atoms with Gasteiger partial charge >= 0.3 is 39.5 Å². The van der Waals surface area contributed by atoms with Gasteiger partial charge in [-0.2, -0.15) is 0 Å². The number of carbonyl (C=O) groups is 4. The van der Waals surface area contributed by atoms with Gasteiger partial charge in [0.05, 0.1) is 26.4 Å². The Morgan fingerprint density at radius 1 is 0.303 bits per heavy atom. The van der Waals surface area contributed by atoms with Crippen LogP contribution in [0.1, 0.15) is 356 Å². The average Bonchev–Trinajstić information content (AvgIpc) is 3.61. The molecule has 0 aliphatic rings. The lowest BCUT2D eigenvalue weighted by atomic mass is 10.0. The Hall–Kier alpha value is -1.94. The lowest BCUT2D eigenvalue weighted by Crippen LogP contribution is -2.30. The van der Waals surface area contributed by atoms with Crippen LogP contribution < -0.4 is 0 Å². The third kappa shape index (κ3) is 64.6. The standard InChI is InChI=1S/C70H136O17P2/c1-7-9-11-13-15-17-19-25-29-33-40-46-52-67(72)80-58-65(86-70(75)55-49-43-35-31-27-23-21-22-24-28-32-38-44-50-62(3)4)60-84-88(76,77)82-56-64(71)57-83-89(78,79)85-61-66(59-81-68(73)53-47-41-37-36-39-45-51-63(5)6)87-69(74)54-48-42-34-30-26-20-18-16-14-12-10-8-2/h62-66,71H,7-61H2,1-6H3,(H,76,77)(H,78,79)/t64-,65-,66-/m1/s1. The van der Waals surface area contributed by atoms with Gasteiger partial charge in [0.25, 0.3) is 0 Å². The molecule has 0 saturated carbocycles. The quantitative estimate of drug-likeness (QED) is 0.0222. The van der Waals surface area contributed by atoms with Crippen molar-refractivity contribution in [3.05, 3.63) is 0 Å². The van der Waals surface area contributed by atoms with Gasteiger partial charge in [-0.15, -0.1) is 0 Å². The van der Waals surface area contributed by atoms with E-state index in [0.29, 0.717) is 31.6 Å². The maximum Gasteiger partial charge on any atom is 0.472 e. The van der Waals surface area contributed by atoms with Gasteiger partial charge in [-0.1, -0.05) is 305 Å². The van der Waals surface area contributed by atoms with Crippen molar-refractivity contribution >= 4 is 39.5 Å². The molecule has 0 aromatic heterocycles. The van der Waals surface area contributed by atoms with Crippen LogP contribution in [0.25, 0.3) is 0 Å². The molecule has 0 aromatic carbocycles. The van der Waals surface area contributed by atoms with Gasteiger partial charge in [0.1, 0.15) is 19.3 Å². The summed E-state index contributed by atoms with van der Waals surface area (Å²) in [4.78, 5) is 72.5. The number of hydrogen-bond acceptors (Lipinski definition) is 15. The second-order valence-corrected chi connectivity index (χ2v) is 29.1. The van der Waals surface area contributed by atoms with Crippen LogP contribution in [0, 0.1) is 11.8 Å². The van der Waals surface area contributed by atoms with Crippen molar-refractivity contribution in [2.24, 2.45) is 11.8 Å². The van der Waals surface area contributed by atoms with E-state index in [1.165, 1.54) is 167 Å². The van der Waals surface area contributed by atoms with Gasteiger partial charge in [0, 0.05) is 25.7 Å². The first-order valence-corrected chi connectivity index (χ1v) is 39.5. The maximum atomic E-state index is 13.0. The first-order chi connectivity index (χ1) is 42.9. The molecule has 0 amide bonds. The highest BCUT2D eigenvalue weighted by Crippen LogP contribution is 2.45. The molecular formula is C70H136O17P2. The highest BCUT2D eigenvalue weighted by molar-refractivity contribution is 7.47. The fourth-order valence-corrected chi connectivity index (χ4v) is 12.2. The summed E-state index contributed by atoms with van der Waals surface area (Å²) < 4.78 is 68.3. The van der Waals surface area contributed by atoms with Crippen LogP contribution in [0.2, 0.25) is 0 Å². The largest absolute Gasteiger partial charge is 0.472 e. The number of esters is 4. The Balaban J connectivity index is 5.23. The number of rotatable bonds is 69. The normalized spacial score (nSPS) is 14.1. The third-order valence-electron chi connectivity index (χ3n) is 16.2. The van der Waals surface area contributed by atoms with Crippen molar-refractivity contribution in [2.75, 3.05) is 39.6 Å². The van der Waals surface area contributed by atoms with E-state index in [1.807, 2.05) is 0 Å². The molecular weight excluding hydrogens is 1170 g/mol. The zero-order chi connectivity index (χ0) is 65.7. The van der Waals surface area contributed by atoms with E-state index in [9.17, 15) is 43.2 Å². The zero-order valence-electron chi connectivity index (χ0n) is 57.7. The highest BCUT2D eigenvalue weighted by atomic mass is 31.2. The average molecular weight is 1310 g/mol. The topological polar surface area (TPSA) is 237 Å². The molecule has 17 nitrogen and oxygen atoms in total. The van der Waals surface area contributed by atoms with Crippen molar-refractivity contribution in [2.45, 2.75) is 374 Å². The molecule has 0 fully saturated rings. The van der Waals surface area contributed by atoms with Gasteiger partial charge < -0.3 is 33.8 Å². The first kappa shape index (κ1) is 87.1. The summed E-state index contributed by atoms with van der Waals surface area (Å²) in [5.41, 5.74) is 0. The molecule has 0 saturated heterocycles. The number of unbranched alkanes of at least 4 members (excludes halogenated alkanes) is 39. The van der Waals surface area contributed by atoms with E-state index in [0.717, 1.165) is 102 Å². The number of carbonyl (C=O) groups excluding carboxylic acids is 4. The second-order valence-electron chi connectivity index (χ2n) is 26.2. The zero-order valence-corrected chi connectivity index (χ0v) is 59.5. The molecule has 0 spiro atoms. The molecule has 89 heavy (non-hydrogen) atoms. The monoisotopic (exact) mass is 1310 g/mol. The highest BCUT2D eigenvalue weighted by Gasteiger charge is 2.30. The van der Waals surface area contributed by atoms with Crippen molar-refractivity contribution in [1.82, 2.24) is 0 Å². The summed E-state index contributed by atoms with van der Waals surface area (Å²) in [6.07, 6.45) is 47.2. The number of ether oxygens (including phenoxy) is 4. The van der Waals surface area contributed by atoms with Crippen LogP contribution in [0.5, 0.6) is 0 Å². The Kier molecular flexibility index (Phi) is 60.8. The molecule has 0 aromatic rings. The van der Waals surface area contributed by atoms with Crippen molar-refractivity contribution in [3.8, 4) is 0 Å². The summed E-state index contributed by atoms with van der Waals surface area (Å²) in [5, 5.41) is 10.6. The van der Waals surface area contributed by atoms with Gasteiger partial charge in [0.15, 0.2) is 12.2 Å². The van der Waals surface area contributed by atoms with Crippen LogP contribution in [0.4, 0.5) is 0 Å². The summed E-state index contributed by atoms with van der Waals surface area (Å²) in [5.74, 6) is -0.658. The van der Waals surface area contributed by atoms with Crippen LogP contribution in [-0.4, -0.2) is 96.7 Å². The lowest BCUT2D eigenvalue weighted by Gasteiger charge is -2.21. The van der Waals surface area contributed by atoms with Crippen LogP contribution in [0.3, 0.4) is 0 Å². The number of aliphatic hydroxyl groups is 1. The van der Waals surface area contributed by atoms with Gasteiger partial charge in [-0.25, -0.2) is 9.13 Å². The summed E-state index contributed by atoms with van der Waals surface area (Å²) in [7, 11) is -9.90. The minimum absolute atomic E-state index is 0.106. The van der Waals surface area contributed by atoms with Crippen LogP contribution in [-0.2, 0) is 65.4 Å². The smallest absolute Gasteiger partial charge is 0.462 e. The fourth-order valence-electron chi connectivity index (χ4n) is 10.6. The molecule has 0 aliphatic heterocycles. The van der Waals surface area contributed by atoms with Gasteiger partial charge in [-0.3, -0.25) is 37.3 Å². The minimum Gasteiger partial charge on any atom is -0.462 e. The molecule has 0 radical (unpaired) electrons. The molecule has 528 valence electrons. The third-order valence-corrected chi connectivity index (χ3v) is 18.1. The number of phosphoric ester groups is 2. The van der Waals surface area contributed by atoms with E-state index in [-0.39, 0.29) is 25.7 Å². The SMILES string of the molecule is CCCCCCCCCCCCCCC(=O)OC[C@H](COP(=O)(O)OC[C@@H](O)COP(=O)(O)OC[C@@H](COC(=O)CCCCCCCCC(C)C)OC(=O)CCCCCCCCCCCCCC)OC(=O)CCCCCCCCCCCCCCCC(C)C.